The van der Waals surface area contributed by atoms with Gasteiger partial charge in [-0.2, -0.15) is 5.26 Å². The molecule has 3 nitrogen and oxygen atoms in total. The van der Waals surface area contributed by atoms with Crippen molar-refractivity contribution in [2.75, 3.05) is 0 Å². The molecule has 0 unspecified atom stereocenters. The van der Waals surface area contributed by atoms with Crippen LogP contribution in [0, 0.1) is 11.3 Å². The summed E-state index contributed by atoms with van der Waals surface area (Å²) in [5.74, 6) is 0. The summed E-state index contributed by atoms with van der Waals surface area (Å²) in [6, 6.07) is 14.3. The first-order valence-corrected chi connectivity index (χ1v) is 5.59. The Bertz CT molecular complexity index is 520. The van der Waals surface area contributed by atoms with Gasteiger partial charge in [-0.3, -0.25) is 0 Å². The van der Waals surface area contributed by atoms with Gasteiger partial charge < -0.3 is 9.88 Å². The molecule has 1 N–H and O–H groups in total. The van der Waals surface area contributed by atoms with Gasteiger partial charge in [-0.25, -0.2) is 0 Å². The highest BCUT2D eigenvalue weighted by atomic mass is 14.9. The fraction of sp³-hybridized carbons (Fsp3) is 0.214. The number of hydrogen-bond acceptors (Lipinski definition) is 2. The van der Waals surface area contributed by atoms with Gasteiger partial charge in [-0.05, 0) is 17.2 Å². The third-order valence-electron chi connectivity index (χ3n) is 2.68. The second kappa shape index (κ2) is 5.33. The number of rotatable bonds is 4. The normalized spacial score (nSPS) is 10.1. The Morgan fingerprint density at radius 1 is 1.18 bits per heavy atom. The van der Waals surface area contributed by atoms with E-state index in [2.05, 4.69) is 23.5 Å². The molecule has 0 fully saturated rings. The number of nitrogens with zero attached hydrogens (tertiary/aromatic N) is 2. The molecule has 1 aromatic carbocycles. The largest absolute Gasteiger partial charge is 0.342 e. The first-order chi connectivity index (χ1) is 8.29. The summed E-state index contributed by atoms with van der Waals surface area (Å²) in [7, 11) is 1.89. The zero-order chi connectivity index (χ0) is 12.1. The lowest BCUT2D eigenvalue weighted by Gasteiger charge is -2.02. The van der Waals surface area contributed by atoms with Gasteiger partial charge in [-0.15, -0.1) is 0 Å². The fourth-order valence-corrected chi connectivity index (χ4v) is 1.79. The van der Waals surface area contributed by atoms with Crippen LogP contribution in [0.4, 0.5) is 0 Å². The summed E-state index contributed by atoms with van der Waals surface area (Å²) in [6.07, 6.45) is 1.98. The van der Waals surface area contributed by atoms with Crippen molar-refractivity contribution in [2.45, 2.75) is 13.1 Å². The molecular weight excluding hydrogens is 210 g/mol. The summed E-state index contributed by atoms with van der Waals surface area (Å²) in [4.78, 5) is 0. The average molecular weight is 225 g/mol. The Labute approximate surface area is 101 Å². The Hall–Kier alpha value is -2.05. The van der Waals surface area contributed by atoms with E-state index in [1.165, 1.54) is 5.56 Å². The molecule has 0 radical (unpaired) electrons. The van der Waals surface area contributed by atoms with Crippen molar-refractivity contribution in [2.24, 2.45) is 7.05 Å². The zero-order valence-corrected chi connectivity index (χ0v) is 9.85. The minimum absolute atomic E-state index is 0.696. The second-order valence-corrected chi connectivity index (χ2v) is 4.05. The van der Waals surface area contributed by atoms with Crippen LogP contribution in [0.5, 0.6) is 0 Å². The minimum Gasteiger partial charge on any atom is -0.342 e. The maximum Gasteiger partial charge on any atom is 0.120 e. The van der Waals surface area contributed by atoms with E-state index in [9.17, 15) is 0 Å². The standard InChI is InChI=1S/C14H15N3/c1-17-11-13(7-14(17)8-15)10-16-9-12-5-3-2-4-6-12/h2-7,11,16H,9-10H2,1H3. The van der Waals surface area contributed by atoms with Crippen LogP contribution in [-0.2, 0) is 20.1 Å². The number of aryl methyl sites for hydroxylation is 1. The van der Waals surface area contributed by atoms with E-state index in [-0.39, 0.29) is 0 Å². The van der Waals surface area contributed by atoms with Crippen LogP contribution in [0.2, 0.25) is 0 Å². The molecule has 0 atom stereocenters. The first-order valence-electron chi connectivity index (χ1n) is 5.59. The lowest BCUT2D eigenvalue weighted by Crippen LogP contribution is -2.11. The smallest absolute Gasteiger partial charge is 0.120 e. The van der Waals surface area contributed by atoms with E-state index >= 15 is 0 Å². The van der Waals surface area contributed by atoms with Crippen molar-refractivity contribution in [1.82, 2.24) is 9.88 Å². The SMILES string of the molecule is Cn1cc(CNCc2ccccc2)cc1C#N. The number of hydrogen-bond donors (Lipinski definition) is 1. The van der Waals surface area contributed by atoms with Crippen molar-refractivity contribution >= 4 is 0 Å². The summed E-state index contributed by atoms with van der Waals surface area (Å²) in [5.41, 5.74) is 3.10. The monoisotopic (exact) mass is 225 g/mol. The van der Waals surface area contributed by atoms with Crippen molar-refractivity contribution in [3.63, 3.8) is 0 Å². The molecule has 0 amide bonds. The van der Waals surface area contributed by atoms with E-state index in [0.29, 0.717) is 5.69 Å². The highest BCUT2D eigenvalue weighted by Gasteiger charge is 2.01. The molecule has 0 aliphatic heterocycles. The molecule has 86 valence electrons. The van der Waals surface area contributed by atoms with E-state index in [0.717, 1.165) is 18.7 Å². The van der Waals surface area contributed by atoms with Gasteiger partial charge in [0.05, 0.1) is 0 Å². The van der Waals surface area contributed by atoms with Gasteiger partial charge in [0, 0.05) is 26.3 Å². The second-order valence-electron chi connectivity index (χ2n) is 4.05. The Morgan fingerprint density at radius 2 is 1.88 bits per heavy atom. The molecule has 0 saturated heterocycles. The van der Waals surface area contributed by atoms with E-state index in [1.54, 1.807) is 0 Å². The van der Waals surface area contributed by atoms with Crippen LogP contribution in [-0.4, -0.2) is 4.57 Å². The topological polar surface area (TPSA) is 40.8 Å². The van der Waals surface area contributed by atoms with Crippen molar-refractivity contribution in [1.29, 1.82) is 5.26 Å². The predicted octanol–water partition coefficient (Wildman–Crippen LogP) is 2.19. The maximum atomic E-state index is 8.84. The molecule has 0 saturated carbocycles. The van der Waals surface area contributed by atoms with Crippen molar-refractivity contribution in [3.05, 3.63) is 59.4 Å². The number of nitrogens with one attached hydrogen (secondary N) is 1. The fourth-order valence-electron chi connectivity index (χ4n) is 1.79. The van der Waals surface area contributed by atoms with Crippen LogP contribution in [0.3, 0.4) is 0 Å². The quantitative estimate of drug-likeness (QED) is 0.866. The van der Waals surface area contributed by atoms with Crippen LogP contribution >= 0.6 is 0 Å². The first kappa shape index (κ1) is 11.4. The zero-order valence-electron chi connectivity index (χ0n) is 9.85. The van der Waals surface area contributed by atoms with Gasteiger partial charge in [0.25, 0.3) is 0 Å². The third kappa shape index (κ3) is 2.96. The number of benzene rings is 1. The van der Waals surface area contributed by atoms with Gasteiger partial charge >= 0.3 is 0 Å². The summed E-state index contributed by atoms with van der Waals surface area (Å²) >= 11 is 0. The molecule has 2 aromatic rings. The molecule has 0 aliphatic carbocycles. The third-order valence-corrected chi connectivity index (χ3v) is 2.68. The van der Waals surface area contributed by atoms with Gasteiger partial charge in [0.1, 0.15) is 11.8 Å². The van der Waals surface area contributed by atoms with Crippen LogP contribution in [0.25, 0.3) is 0 Å². The molecule has 0 spiro atoms. The summed E-state index contributed by atoms with van der Waals surface area (Å²) < 4.78 is 1.85. The number of aromatic nitrogens is 1. The molecule has 2 rings (SSSR count). The molecular formula is C14H15N3. The van der Waals surface area contributed by atoms with E-state index < -0.39 is 0 Å². The molecule has 0 bridgehead atoms. The highest BCUT2D eigenvalue weighted by molar-refractivity contribution is 5.28. The van der Waals surface area contributed by atoms with Gasteiger partial charge in [0.2, 0.25) is 0 Å². The number of nitriles is 1. The average Bonchev–Trinajstić information content (AvgIpc) is 2.71. The van der Waals surface area contributed by atoms with Gasteiger partial charge in [0.15, 0.2) is 0 Å². The Balaban J connectivity index is 1.88. The van der Waals surface area contributed by atoms with Gasteiger partial charge in [-0.1, -0.05) is 30.3 Å². The lowest BCUT2D eigenvalue weighted by atomic mass is 10.2. The summed E-state index contributed by atoms with van der Waals surface area (Å²) in [5, 5.41) is 12.2. The highest BCUT2D eigenvalue weighted by Crippen LogP contribution is 2.06. The molecule has 1 aromatic heterocycles. The Morgan fingerprint density at radius 3 is 2.53 bits per heavy atom. The molecule has 3 heteroatoms. The predicted molar refractivity (Wildman–Crippen MR) is 67.1 cm³/mol. The van der Waals surface area contributed by atoms with Crippen molar-refractivity contribution in [3.8, 4) is 6.07 Å². The molecule has 17 heavy (non-hydrogen) atoms. The van der Waals surface area contributed by atoms with Crippen LogP contribution in [0.15, 0.2) is 42.6 Å². The van der Waals surface area contributed by atoms with Crippen LogP contribution < -0.4 is 5.32 Å². The molecule has 0 aliphatic rings. The van der Waals surface area contributed by atoms with E-state index in [4.69, 9.17) is 5.26 Å². The van der Waals surface area contributed by atoms with Crippen molar-refractivity contribution < 1.29 is 0 Å². The Kier molecular flexibility index (Phi) is 3.59. The van der Waals surface area contributed by atoms with Crippen LogP contribution in [0.1, 0.15) is 16.8 Å². The lowest BCUT2D eigenvalue weighted by molar-refractivity contribution is 0.692. The maximum absolute atomic E-state index is 8.84. The van der Waals surface area contributed by atoms with E-state index in [1.807, 2.05) is 42.1 Å². The minimum atomic E-state index is 0.696. The molecule has 1 heterocycles. The summed E-state index contributed by atoms with van der Waals surface area (Å²) in [6.45, 7) is 1.63.